The number of non-ortho nitro benzene ring substituents is 1. The summed E-state index contributed by atoms with van der Waals surface area (Å²) < 4.78 is 32.4. The third kappa shape index (κ3) is 9.11. The molecule has 0 unspecified atom stereocenters. The van der Waals surface area contributed by atoms with Crippen molar-refractivity contribution in [3.8, 4) is 5.75 Å². The van der Waals surface area contributed by atoms with Gasteiger partial charge in [0.15, 0.2) is 0 Å². The highest BCUT2D eigenvalue weighted by molar-refractivity contribution is 7.92. The molecule has 0 spiro atoms. The first-order valence-electron chi connectivity index (χ1n) is 14.7. The van der Waals surface area contributed by atoms with Gasteiger partial charge in [-0.2, -0.15) is 0 Å². The van der Waals surface area contributed by atoms with E-state index in [4.69, 9.17) is 27.9 Å². The van der Waals surface area contributed by atoms with Crippen molar-refractivity contribution < 1.29 is 27.7 Å². The molecule has 46 heavy (non-hydrogen) atoms. The maximum Gasteiger partial charge on any atom is 0.271 e. The molecule has 1 aliphatic carbocycles. The summed E-state index contributed by atoms with van der Waals surface area (Å²) >= 11 is 12.5. The number of nitrogens with one attached hydrogen (secondary N) is 1. The van der Waals surface area contributed by atoms with Gasteiger partial charge in [-0.05, 0) is 42.2 Å². The van der Waals surface area contributed by atoms with E-state index in [1.807, 2.05) is 30.3 Å². The standard InChI is InChI=1S/C32H36Cl2N4O7S/c1-45-30-16-14-25(38(41)42)19-28(30)37(46(2,43)44)21-31(39)36(20-23-13-15-26(33)27(34)17-23)29(18-22-9-5-3-6-10-22)32(40)35-24-11-7-4-8-12-24/h3,5-6,9-10,13-17,19,24,29H,4,7-8,11-12,18,20-21H2,1-2H3,(H,35,40)/t29-/m0/s1. The van der Waals surface area contributed by atoms with Crippen LogP contribution in [-0.4, -0.2) is 62.0 Å². The van der Waals surface area contributed by atoms with Crippen LogP contribution in [0.1, 0.15) is 43.2 Å². The van der Waals surface area contributed by atoms with Gasteiger partial charge >= 0.3 is 0 Å². The van der Waals surface area contributed by atoms with Crippen molar-refractivity contribution >= 4 is 56.4 Å². The van der Waals surface area contributed by atoms with Crippen LogP contribution in [0.15, 0.2) is 66.7 Å². The van der Waals surface area contributed by atoms with Crippen molar-refractivity contribution in [3.05, 3.63) is 98.0 Å². The Morgan fingerprint density at radius 1 is 1.00 bits per heavy atom. The van der Waals surface area contributed by atoms with Crippen molar-refractivity contribution in [2.24, 2.45) is 0 Å². The Bertz CT molecular complexity index is 1670. The number of sulfonamides is 1. The number of carbonyl (C=O) groups is 2. The molecule has 0 aliphatic heterocycles. The average molecular weight is 692 g/mol. The van der Waals surface area contributed by atoms with E-state index in [-0.39, 0.29) is 41.4 Å². The number of hydrogen-bond acceptors (Lipinski definition) is 7. The molecular formula is C32H36Cl2N4O7S. The van der Waals surface area contributed by atoms with E-state index in [2.05, 4.69) is 5.32 Å². The average Bonchev–Trinajstić information content (AvgIpc) is 3.03. The van der Waals surface area contributed by atoms with Gasteiger partial charge in [0.05, 0.1) is 28.3 Å². The van der Waals surface area contributed by atoms with Gasteiger partial charge in [0, 0.05) is 31.1 Å². The minimum atomic E-state index is -4.19. The highest BCUT2D eigenvalue weighted by Crippen LogP contribution is 2.34. The quantitative estimate of drug-likeness (QED) is 0.178. The van der Waals surface area contributed by atoms with Crippen molar-refractivity contribution in [3.63, 3.8) is 0 Å². The van der Waals surface area contributed by atoms with Gasteiger partial charge in [0.25, 0.3) is 5.69 Å². The number of rotatable bonds is 13. The lowest BCUT2D eigenvalue weighted by atomic mass is 9.94. The predicted octanol–water partition coefficient (Wildman–Crippen LogP) is 5.77. The summed E-state index contributed by atoms with van der Waals surface area (Å²) in [5, 5.41) is 15.2. The number of hydrogen-bond donors (Lipinski definition) is 1. The molecule has 0 bridgehead atoms. The molecule has 246 valence electrons. The fourth-order valence-corrected chi connectivity index (χ4v) is 6.68. The minimum Gasteiger partial charge on any atom is -0.495 e. The molecule has 1 aliphatic rings. The van der Waals surface area contributed by atoms with E-state index >= 15 is 0 Å². The van der Waals surface area contributed by atoms with E-state index in [1.165, 1.54) is 24.1 Å². The Balaban J connectivity index is 1.79. The molecular weight excluding hydrogens is 655 g/mol. The third-order valence-electron chi connectivity index (χ3n) is 7.88. The fraction of sp³-hybridized carbons (Fsp3) is 0.375. The fourth-order valence-electron chi connectivity index (χ4n) is 5.51. The van der Waals surface area contributed by atoms with Gasteiger partial charge < -0.3 is 15.0 Å². The summed E-state index contributed by atoms with van der Waals surface area (Å²) in [6.07, 6.45) is 5.72. The Kier molecular flexibility index (Phi) is 11.9. The molecule has 3 aromatic carbocycles. The summed E-state index contributed by atoms with van der Waals surface area (Å²) in [4.78, 5) is 40.7. The number of carbonyl (C=O) groups excluding carboxylic acids is 2. The molecule has 0 aromatic heterocycles. The van der Waals surface area contributed by atoms with Crippen molar-refractivity contribution in [1.82, 2.24) is 10.2 Å². The van der Waals surface area contributed by atoms with Crippen LogP contribution in [-0.2, 0) is 32.6 Å². The largest absolute Gasteiger partial charge is 0.495 e. The maximum atomic E-state index is 14.4. The van der Waals surface area contributed by atoms with Gasteiger partial charge in [0.2, 0.25) is 21.8 Å². The molecule has 0 saturated heterocycles. The molecule has 0 heterocycles. The second kappa shape index (κ2) is 15.6. The number of methoxy groups -OCH3 is 1. The van der Waals surface area contributed by atoms with Crippen molar-refractivity contribution in [2.45, 2.75) is 57.2 Å². The van der Waals surface area contributed by atoms with Crippen LogP contribution in [0.2, 0.25) is 10.0 Å². The Hall–Kier alpha value is -3.87. The molecule has 1 N–H and O–H groups in total. The maximum absolute atomic E-state index is 14.4. The molecule has 1 fully saturated rings. The van der Waals surface area contributed by atoms with Crippen LogP contribution in [0, 0.1) is 10.1 Å². The minimum absolute atomic E-state index is 0.00994. The van der Waals surface area contributed by atoms with E-state index in [1.54, 1.807) is 18.2 Å². The highest BCUT2D eigenvalue weighted by atomic mass is 35.5. The number of anilines is 1. The highest BCUT2D eigenvalue weighted by Gasteiger charge is 2.35. The number of ether oxygens (including phenoxy) is 1. The summed E-state index contributed by atoms with van der Waals surface area (Å²) in [6, 6.07) is 16.4. The SMILES string of the molecule is COc1ccc([N+](=O)[O-])cc1N(CC(=O)N(Cc1ccc(Cl)c(Cl)c1)[C@@H](Cc1ccccc1)C(=O)NC1CCCCC1)S(C)(=O)=O. The first-order valence-corrected chi connectivity index (χ1v) is 17.4. The molecule has 1 atom stereocenters. The molecule has 14 heteroatoms. The lowest BCUT2D eigenvalue weighted by molar-refractivity contribution is -0.384. The van der Waals surface area contributed by atoms with Crippen molar-refractivity contribution in [2.75, 3.05) is 24.2 Å². The lowest BCUT2D eigenvalue weighted by Gasteiger charge is -2.35. The Morgan fingerprint density at radius 3 is 2.30 bits per heavy atom. The molecule has 3 aromatic rings. The summed E-state index contributed by atoms with van der Waals surface area (Å²) in [6.45, 7) is -0.866. The number of nitrogens with zero attached hydrogens (tertiary/aromatic N) is 3. The van der Waals surface area contributed by atoms with E-state index in [0.29, 0.717) is 10.6 Å². The van der Waals surface area contributed by atoms with Crippen molar-refractivity contribution in [1.29, 1.82) is 0 Å². The van der Waals surface area contributed by atoms with E-state index in [0.717, 1.165) is 54.3 Å². The number of halogens is 2. The third-order valence-corrected chi connectivity index (χ3v) is 9.75. The molecule has 4 rings (SSSR count). The molecule has 1 saturated carbocycles. The zero-order chi connectivity index (χ0) is 33.4. The summed E-state index contributed by atoms with van der Waals surface area (Å²) in [5.41, 5.74) is 0.773. The second-order valence-electron chi connectivity index (χ2n) is 11.2. The lowest BCUT2D eigenvalue weighted by Crippen LogP contribution is -2.55. The van der Waals surface area contributed by atoms with Crippen LogP contribution in [0.5, 0.6) is 5.75 Å². The van der Waals surface area contributed by atoms with E-state index < -0.39 is 39.1 Å². The van der Waals surface area contributed by atoms with Gasteiger partial charge in [-0.3, -0.25) is 24.0 Å². The summed E-state index contributed by atoms with van der Waals surface area (Å²) in [7, 11) is -2.90. The number of nitro groups is 1. The smallest absolute Gasteiger partial charge is 0.271 e. The number of amides is 2. The van der Waals surface area contributed by atoms with Gasteiger partial charge in [-0.1, -0.05) is 78.9 Å². The zero-order valence-electron chi connectivity index (χ0n) is 25.5. The molecule has 0 radical (unpaired) electrons. The first-order chi connectivity index (χ1) is 21.9. The van der Waals surface area contributed by atoms with E-state index in [9.17, 15) is 28.1 Å². The van der Waals surface area contributed by atoms with Crippen LogP contribution in [0.25, 0.3) is 0 Å². The van der Waals surface area contributed by atoms with Gasteiger partial charge in [0.1, 0.15) is 24.0 Å². The molecule has 2 amide bonds. The topological polar surface area (TPSA) is 139 Å². The second-order valence-corrected chi connectivity index (χ2v) is 13.9. The molecule has 11 nitrogen and oxygen atoms in total. The normalized spacial score (nSPS) is 14.3. The van der Waals surface area contributed by atoms with Crippen LogP contribution < -0.4 is 14.4 Å². The number of benzene rings is 3. The van der Waals surface area contributed by atoms with Crippen LogP contribution >= 0.6 is 23.2 Å². The predicted molar refractivity (Wildman–Crippen MR) is 178 cm³/mol. The zero-order valence-corrected chi connectivity index (χ0v) is 27.9. The first kappa shape index (κ1) is 35.0. The van der Waals surface area contributed by atoms with Crippen LogP contribution in [0.4, 0.5) is 11.4 Å². The summed E-state index contributed by atoms with van der Waals surface area (Å²) in [5.74, 6) is -1.08. The van der Waals surface area contributed by atoms with Gasteiger partial charge in [-0.15, -0.1) is 0 Å². The Morgan fingerprint density at radius 2 is 1.70 bits per heavy atom. The number of nitro benzene ring substituents is 1. The monoisotopic (exact) mass is 690 g/mol. The Labute approximate surface area is 278 Å². The van der Waals surface area contributed by atoms with Gasteiger partial charge in [-0.25, -0.2) is 8.42 Å². The van der Waals surface area contributed by atoms with Crippen LogP contribution in [0.3, 0.4) is 0 Å².